The lowest BCUT2D eigenvalue weighted by atomic mass is 9.87. The van der Waals surface area contributed by atoms with E-state index in [1.54, 1.807) is 13.2 Å². The zero-order valence-corrected chi connectivity index (χ0v) is 10.5. The number of nitrogens with zero attached hydrogens (tertiary/aromatic N) is 2. The van der Waals surface area contributed by atoms with Gasteiger partial charge in [-0.3, -0.25) is 0 Å². The summed E-state index contributed by atoms with van der Waals surface area (Å²) in [5.74, 6) is 1.35. The molecule has 3 nitrogen and oxygen atoms in total. The Morgan fingerprint density at radius 1 is 1.25 bits per heavy atom. The van der Waals surface area contributed by atoms with Gasteiger partial charge in [0.25, 0.3) is 0 Å². The first kappa shape index (κ1) is 11.8. The molecule has 0 spiro atoms. The average Bonchev–Trinajstić information content (AvgIpc) is 2.28. The third kappa shape index (κ3) is 2.71. The summed E-state index contributed by atoms with van der Waals surface area (Å²) in [6.45, 7) is 1.96. The van der Waals surface area contributed by atoms with Crippen LogP contribution >= 0.6 is 11.6 Å². The first-order valence-electron chi connectivity index (χ1n) is 5.73. The smallest absolute Gasteiger partial charge is 0.133 e. The van der Waals surface area contributed by atoms with E-state index in [9.17, 15) is 0 Å². The van der Waals surface area contributed by atoms with Gasteiger partial charge < -0.3 is 4.74 Å². The van der Waals surface area contributed by atoms with Crippen molar-refractivity contribution >= 4 is 11.6 Å². The zero-order chi connectivity index (χ0) is 11.5. The lowest BCUT2D eigenvalue weighted by Crippen LogP contribution is -2.20. The van der Waals surface area contributed by atoms with E-state index in [1.165, 1.54) is 0 Å². The fourth-order valence-electron chi connectivity index (χ4n) is 2.29. The topological polar surface area (TPSA) is 35.0 Å². The summed E-state index contributed by atoms with van der Waals surface area (Å²) in [5, 5.41) is 0.552. The van der Waals surface area contributed by atoms with Crippen molar-refractivity contribution in [2.24, 2.45) is 0 Å². The normalized spacial score (nSPS) is 25.7. The van der Waals surface area contributed by atoms with Gasteiger partial charge in [-0.2, -0.15) is 0 Å². The Kier molecular flexibility index (Phi) is 3.77. The molecule has 1 saturated carbocycles. The van der Waals surface area contributed by atoms with Gasteiger partial charge in [-0.1, -0.05) is 11.6 Å². The number of methoxy groups -OCH3 is 1. The summed E-state index contributed by atoms with van der Waals surface area (Å²) in [6, 6.07) is 1.80. The molecular formula is C12H17ClN2O. The SMILES string of the molecule is COC1CCC(c2nc(C)cc(Cl)n2)CC1. The van der Waals surface area contributed by atoms with Crippen molar-refractivity contribution < 1.29 is 4.74 Å². The molecule has 0 saturated heterocycles. The van der Waals surface area contributed by atoms with E-state index in [4.69, 9.17) is 16.3 Å². The number of aromatic nitrogens is 2. The number of rotatable bonds is 2. The van der Waals surface area contributed by atoms with Crippen LogP contribution in [0, 0.1) is 6.92 Å². The van der Waals surface area contributed by atoms with E-state index >= 15 is 0 Å². The van der Waals surface area contributed by atoms with E-state index < -0.39 is 0 Å². The summed E-state index contributed by atoms with van der Waals surface area (Å²) < 4.78 is 5.36. The van der Waals surface area contributed by atoms with Crippen molar-refractivity contribution in [1.82, 2.24) is 9.97 Å². The highest BCUT2D eigenvalue weighted by molar-refractivity contribution is 6.29. The van der Waals surface area contributed by atoms with E-state index in [-0.39, 0.29) is 0 Å². The van der Waals surface area contributed by atoms with Gasteiger partial charge in [0.15, 0.2) is 0 Å². The average molecular weight is 241 g/mol. The molecule has 0 unspecified atom stereocenters. The van der Waals surface area contributed by atoms with Crippen molar-refractivity contribution in [3.8, 4) is 0 Å². The van der Waals surface area contributed by atoms with Crippen LogP contribution in [-0.4, -0.2) is 23.2 Å². The number of ether oxygens (including phenoxy) is 1. The quantitative estimate of drug-likeness (QED) is 0.745. The van der Waals surface area contributed by atoms with E-state index in [0.29, 0.717) is 17.2 Å². The van der Waals surface area contributed by atoms with Crippen LogP contribution in [0.3, 0.4) is 0 Å². The van der Waals surface area contributed by atoms with Crippen LogP contribution < -0.4 is 0 Å². The highest BCUT2D eigenvalue weighted by atomic mass is 35.5. The van der Waals surface area contributed by atoms with Crippen molar-refractivity contribution in [2.75, 3.05) is 7.11 Å². The molecule has 0 atom stereocenters. The van der Waals surface area contributed by atoms with Gasteiger partial charge in [-0.25, -0.2) is 9.97 Å². The molecule has 1 fully saturated rings. The maximum atomic E-state index is 5.95. The minimum absolute atomic E-state index is 0.413. The Hall–Kier alpha value is -0.670. The zero-order valence-electron chi connectivity index (χ0n) is 9.74. The largest absolute Gasteiger partial charge is 0.381 e. The second-order valence-corrected chi connectivity index (χ2v) is 4.79. The molecule has 1 aromatic heterocycles. The van der Waals surface area contributed by atoms with E-state index in [0.717, 1.165) is 37.2 Å². The Morgan fingerprint density at radius 3 is 2.50 bits per heavy atom. The van der Waals surface area contributed by atoms with Gasteiger partial charge in [-0.15, -0.1) is 0 Å². The lowest BCUT2D eigenvalue weighted by Gasteiger charge is -2.26. The Morgan fingerprint density at radius 2 is 1.94 bits per heavy atom. The third-order valence-electron chi connectivity index (χ3n) is 3.21. The lowest BCUT2D eigenvalue weighted by molar-refractivity contribution is 0.0651. The fraction of sp³-hybridized carbons (Fsp3) is 0.667. The molecule has 4 heteroatoms. The highest BCUT2D eigenvalue weighted by Gasteiger charge is 2.24. The van der Waals surface area contributed by atoms with Gasteiger partial charge in [0, 0.05) is 18.7 Å². The van der Waals surface area contributed by atoms with Crippen LogP contribution in [-0.2, 0) is 4.74 Å². The molecule has 0 radical (unpaired) electrons. The molecule has 1 aliphatic rings. The maximum Gasteiger partial charge on any atom is 0.133 e. The second-order valence-electron chi connectivity index (χ2n) is 4.40. The molecule has 16 heavy (non-hydrogen) atoms. The number of hydrogen-bond donors (Lipinski definition) is 0. The third-order valence-corrected chi connectivity index (χ3v) is 3.41. The molecule has 0 aliphatic heterocycles. The Labute approximate surface area is 101 Å². The number of hydrogen-bond acceptors (Lipinski definition) is 3. The first-order valence-corrected chi connectivity index (χ1v) is 6.10. The molecule has 0 N–H and O–H groups in total. The fourth-order valence-corrected chi connectivity index (χ4v) is 2.54. The second kappa shape index (κ2) is 5.11. The van der Waals surface area contributed by atoms with Crippen LogP contribution in [0.1, 0.15) is 43.1 Å². The Bertz CT molecular complexity index is 342. The van der Waals surface area contributed by atoms with Gasteiger partial charge >= 0.3 is 0 Å². The van der Waals surface area contributed by atoms with Gasteiger partial charge in [0.1, 0.15) is 11.0 Å². The van der Waals surface area contributed by atoms with E-state index in [2.05, 4.69) is 9.97 Å². The first-order chi connectivity index (χ1) is 7.69. The van der Waals surface area contributed by atoms with E-state index in [1.807, 2.05) is 6.92 Å². The molecule has 0 bridgehead atoms. The minimum Gasteiger partial charge on any atom is -0.381 e. The summed E-state index contributed by atoms with van der Waals surface area (Å²) in [7, 11) is 1.78. The molecule has 2 rings (SSSR count). The summed E-state index contributed by atoms with van der Waals surface area (Å²) >= 11 is 5.95. The summed E-state index contributed by atoms with van der Waals surface area (Å²) in [6.07, 6.45) is 4.79. The summed E-state index contributed by atoms with van der Waals surface area (Å²) in [5.41, 5.74) is 0.948. The molecule has 1 heterocycles. The van der Waals surface area contributed by atoms with Crippen molar-refractivity contribution in [2.45, 2.75) is 44.6 Å². The number of halogens is 1. The van der Waals surface area contributed by atoms with Gasteiger partial charge in [0.2, 0.25) is 0 Å². The highest BCUT2D eigenvalue weighted by Crippen LogP contribution is 2.32. The maximum absolute atomic E-state index is 5.95. The predicted molar refractivity (Wildman–Crippen MR) is 63.8 cm³/mol. The van der Waals surface area contributed by atoms with Crippen molar-refractivity contribution in [3.05, 3.63) is 22.7 Å². The molecular weight excluding hydrogens is 224 g/mol. The van der Waals surface area contributed by atoms with Crippen LogP contribution in [0.5, 0.6) is 0 Å². The molecule has 1 aromatic rings. The van der Waals surface area contributed by atoms with Crippen LogP contribution in [0.4, 0.5) is 0 Å². The monoisotopic (exact) mass is 240 g/mol. The Balaban J connectivity index is 2.08. The molecule has 0 amide bonds. The molecule has 1 aliphatic carbocycles. The standard InChI is InChI=1S/C12H17ClN2O/c1-8-7-11(13)15-12(14-8)9-3-5-10(16-2)6-4-9/h7,9-10H,3-6H2,1-2H3. The van der Waals surface area contributed by atoms with Gasteiger partial charge in [0.05, 0.1) is 6.10 Å². The molecule has 88 valence electrons. The predicted octanol–water partition coefficient (Wildman–Crippen LogP) is 3.11. The van der Waals surface area contributed by atoms with Crippen LogP contribution in [0.2, 0.25) is 5.15 Å². The minimum atomic E-state index is 0.413. The van der Waals surface area contributed by atoms with Crippen LogP contribution in [0.25, 0.3) is 0 Å². The number of aryl methyl sites for hydroxylation is 1. The van der Waals surface area contributed by atoms with Crippen molar-refractivity contribution in [1.29, 1.82) is 0 Å². The van der Waals surface area contributed by atoms with Crippen LogP contribution in [0.15, 0.2) is 6.07 Å². The van der Waals surface area contributed by atoms with Crippen molar-refractivity contribution in [3.63, 3.8) is 0 Å². The van der Waals surface area contributed by atoms with Gasteiger partial charge in [-0.05, 0) is 38.7 Å². The molecule has 0 aromatic carbocycles. The summed E-state index contributed by atoms with van der Waals surface area (Å²) in [4.78, 5) is 8.79.